The van der Waals surface area contributed by atoms with E-state index in [1.165, 1.54) is 0 Å². The number of piperidine rings is 1. The highest BCUT2D eigenvalue weighted by molar-refractivity contribution is 7.92. The molecule has 1 amide bonds. The van der Waals surface area contributed by atoms with E-state index in [0.717, 1.165) is 30.5 Å². The van der Waals surface area contributed by atoms with Gasteiger partial charge in [0.05, 0.1) is 4.90 Å². The van der Waals surface area contributed by atoms with Gasteiger partial charge in [-0.25, -0.2) is 8.42 Å². The zero-order valence-corrected chi connectivity index (χ0v) is 18.3. The summed E-state index contributed by atoms with van der Waals surface area (Å²) in [5.74, 6) is -0.0138. The quantitative estimate of drug-likeness (QED) is 0.814. The Hall–Kier alpha value is -2.38. The van der Waals surface area contributed by atoms with Gasteiger partial charge in [0.25, 0.3) is 15.9 Å². The topological polar surface area (TPSA) is 69.7 Å². The lowest BCUT2D eigenvalue weighted by atomic mass is 10.0. The maximum Gasteiger partial charge on any atom is 0.261 e. The van der Waals surface area contributed by atoms with Gasteiger partial charge < -0.3 is 9.80 Å². The molecule has 1 aliphatic rings. The Bertz CT molecular complexity index is 985. The molecular formula is C22H29N3O3S. The van der Waals surface area contributed by atoms with Crippen LogP contribution in [-0.2, 0) is 10.0 Å². The molecule has 2 aromatic carbocycles. The molecule has 2 aromatic rings. The molecule has 0 radical (unpaired) electrons. The molecule has 1 heterocycles. The van der Waals surface area contributed by atoms with Crippen LogP contribution in [0.15, 0.2) is 47.4 Å². The number of hydrogen-bond acceptors (Lipinski definition) is 4. The number of sulfonamides is 1. The lowest BCUT2D eigenvalue weighted by molar-refractivity contribution is 0.0635. The monoisotopic (exact) mass is 415 g/mol. The van der Waals surface area contributed by atoms with Crippen LogP contribution >= 0.6 is 0 Å². The first kappa shape index (κ1) is 21.3. The third kappa shape index (κ3) is 4.97. The highest BCUT2D eigenvalue weighted by atomic mass is 32.2. The van der Waals surface area contributed by atoms with Gasteiger partial charge in [-0.1, -0.05) is 6.07 Å². The molecule has 29 heavy (non-hydrogen) atoms. The summed E-state index contributed by atoms with van der Waals surface area (Å²) in [6, 6.07) is 12.1. The molecule has 7 heteroatoms. The number of likely N-dealkylation sites (tertiary alicyclic amines) is 1. The molecule has 3 rings (SSSR count). The van der Waals surface area contributed by atoms with E-state index in [2.05, 4.69) is 9.62 Å². The minimum Gasteiger partial charge on any atom is -0.337 e. The van der Waals surface area contributed by atoms with Gasteiger partial charge in [-0.2, -0.15) is 0 Å². The number of likely N-dealkylation sites (N-methyl/N-ethyl adjacent to an activating group) is 1. The van der Waals surface area contributed by atoms with Crippen LogP contribution in [0.3, 0.4) is 0 Å². The van der Waals surface area contributed by atoms with Gasteiger partial charge in [-0.3, -0.25) is 9.52 Å². The smallest absolute Gasteiger partial charge is 0.261 e. The average Bonchev–Trinajstić information content (AvgIpc) is 2.70. The first-order valence-corrected chi connectivity index (χ1v) is 11.3. The van der Waals surface area contributed by atoms with E-state index in [4.69, 9.17) is 0 Å². The molecule has 6 nitrogen and oxygen atoms in total. The Balaban J connectivity index is 1.71. The Morgan fingerprint density at radius 3 is 2.38 bits per heavy atom. The zero-order valence-electron chi connectivity index (χ0n) is 17.5. The van der Waals surface area contributed by atoms with E-state index in [0.29, 0.717) is 23.8 Å². The fourth-order valence-corrected chi connectivity index (χ4v) is 4.66. The molecule has 0 aliphatic carbocycles. The highest BCUT2D eigenvalue weighted by Gasteiger charge is 2.25. The van der Waals surface area contributed by atoms with Crippen LogP contribution in [0.2, 0.25) is 0 Å². The van der Waals surface area contributed by atoms with Gasteiger partial charge >= 0.3 is 0 Å². The first-order chi connectivity index (χ1) is 13.7. The van der Waals surface area contributed by atoms with E-state index >= 15 is 0 Å². The normalized spacial score (nSPS) is 17.4. The minimum atomic E-state index is -3.67. The molecule has 1 unspecified atom stereocenters. The van der Waals surface area contributed by atoms with E-state index in [1.807, 2.05) is 32.8 Å². The number of carbonyl (C=O) groups excluding carboxylic acids is 1. The minimum absolute atomic E-state index is 0.0138. The summed E-state index contributed by atoms with van der Waals surface area (Å²) in [6.45, 7) is 5.30. The van der Waals surface area contributed by atoms with Crippen molar-refractivity contribution in [2.45, 2.75) is 37.6 Å². The lowest BCUT2D eigenvalue weighted by Crippen LogP contribution is -2.47. The van der Waals surface area contributed by atoms with Crippen molar-refractivity contribution in [3.63, 3.8) is 0 Å². The molecule has 1 N–H and O–H groups in total. The summed E-state index contributed by atoms with van der Waals surface area (Å²) in [4.78, 5) is 17.1. The van der Waals surface area contributed by atoms with Crippen molar-refractivity contribution in [3.05, 3.63) is 59.2 Å². The van der Waals surface area contributed by atoms with Crippen molar-refractivity contribution in [1.29, 1.82) is 0 Å². The highest BCUT2D eigenvalue weighted by Crippen LogP contribution is 2.21. The molecule has 1 aliphatic heterocycles. The average molecular weight is 416 g/mol. The van der Waals surface area contributed by atoms with Gasteiger partial charge in [-0.15, -0.1) is 0 Å². The number of nitrogens with one attached hydrogen (secondary N) is 1. The van der Waals surface area contributed by atoms with Crippen molar-refractivity contribution in [2.75, 3.05) is 31.9 Å². The van der Waals surface area contributed by atoms with Crippen molar-refractivity contribution in [1.82, 2.24) is 9.80 Å². The van der Waals surface area contributed by atoms with Gasteiger partial charge in [-0.05, 0) is 88.3 Å². The van der Waals surface area contributed by atoms with Crippen molar-refractivity contribution < 1.29 is 13.2 Å². The van der Waals surface area contributed by atoms with Crippen LogP contribution in [0.4, 0.5) is 5.69 Å². The van der Waals surface area contributed by atoms with E-state index in [1.54, 1.807) is 42.5 Å². The van der Waals surface area contributed by atoms with Crippen LogP contribution < -0.4 is 4.72 Å². The Kier molecular flexibility index (Phi) is 6.29. The number of nitrogens with zero attached hydrogens (tertiary/aromatic N) is 2. The van der Waals surface area contributed by atoms with E-state index < -0.39 is 10.0 Å². The number of amides is 1. The number of hydrogen-bond donors (Lipinski definition) is 1. The number of anilines is 1. The van der Waals surface area contributed by atoms with Crippen LogP contribution in [0.1, 0.15) is 34.3 Å². The van der Waals surface area contributed by atoms with Crippen molar-refractivity contribution >= 4 is 21.6 Å². The summed E-state index contributed by atoms with van der Waals surface area (Å²) in [5.41, 5.74) is 2.97. The second-order valence-corrected chi connectivity index (χ2v) is 9.62. The standard InChI is InChI=1S/C22H29N3O3S/c1-16-7-12-21(14-17(16)2)29(27,28)23-19-10-8-18(9-11-19)22(26)25-13-5-6-20(15-25)24(3)4/h7-12,14,20,23H,5-6,13,15H2,1-4H3. The van der Waals surface area contributed by atoms with Crippen LogP contribution in [0.5, 0.6) is 0 Å². The van der Waals surface area contributed by atoms with Crippen LogP contribution in [0, 0.1) is 13.8 Å². The van der Waals surface area contributed by atoms with E-state index in [9.17, 15) is 13.2 Å². The van der Waals surface area contributed by atoms with Crippen LogP contribution in [0.25, 0.3) is 0 Å². The fraction of sp³-hybridized carbons (Fsp3) is 0.409. The maximum atomic E-state index is 12.8. The predicted octanol–water partition coefficient (Wildman–Crippen LogP) is 3.27. The summed E-state index contributed by atoms with van der Waals surface area (Å²) in [5, 5.41) is 0. The molecule has 0 aromatic heterocycles. The molecule has 156 valence electrons. The lowest BCUT2D eigenvalue weighted by Gasteiger charge is -2.36. The molecule has 0 bridgehead atoms. The molecular weight excluding hydrogens is 386 g/mol. The zero-order chi connectivity index (χ0) is 21.2. The second-order valence-electron chi connectivity index (χ2n) is 7.94. The SMILES string of the molecule is Cc1ccc(S(=O)(=O)Nc2ccc(C(=O)N3CCCC(N(C)C)C3)cc2)cc1C. The van der Waals surface area contributed by atoms with Gasteiger partial charge in [0.2, 0.25) is 0 Å². The van der Waals surface area contributed by atoms with Gasteiger partial charge in [0.15, 0.2) is 0 Å². The third-order valence-corrected chi connectivity index (χ3v) is 6.97. The summed E-state index contributed by atoms with van der Waals surface area (Å²) in [6.07, 6.45) is 2.08. The summed E-state index contributed by atoms with van der Waals surface area (Å²) < 4.78 is 27.9. The van der Waals surface area contributed by atoms with Crippen LogP contribution in [-0.4, -0.2) is 57.4 Å². The number of rotatable bonds is 5. The number of aryl methyl sites for hydroxylation is 2. The first-order valence-electron chi connectivity index (χ1n) is 9.83. The largest absolute Gasteiger partial charge is 0.337 e. The molecule has 0 saturated carbocycles. The Labute approximate surface area is 173 Å². The van der Waals surface area contributed by atoms with Gasteiger partial charge in [0, 0.05) is 30.4 Å². The molecule has 1 atom stereocenters. The molecule has 1 saturated heterocycles. The van der Waals surface area contributed by atoms with Crippen molar-refractivity contribution in [2.24, 2.45) is 0 Å². The predicted molar refractivity (Wildman–Crippen MR) is 116 cm³/mol. The van der Waals surface area contributed by atoms with E-state index in [-0.39, 0.29) is 10.8 Å². The summed E-state index contributed by atoms with van der Waals surface area (Å²) in [7, 11) is 0.400. The number of benzene rings is 2. The molecule has 1 fully saturated rings. The summed E-state index contributed by atoms with van der Waals surface area (Å²) >= 11 is 0. The fourth-order valence-electron chi connectivity index (χ4n) is 3.52. The Morgan fingerprint density at radius 2 is 1.76 bits per heavy atom. The van der Waals surface area contributed by atoms with Crippen molar-refractivity contribution in [3.8, 4) is 0 Å². The Morgan fingerprint density at radius 1 is 1.07 bits per heavy atom. The maximum absolute atomic E-state index is 12.8. The number of carbonyl (C=O) groups is 1. The third-order valence-electron chi connectivity index (χ3n) is 5.59. The second kappa shape index (κ2) is 8.55. The van der Waals surface area contributed by atoms with Gasteiger partial charge in [0.1, 0.15) is 0 Å². The molecule has 0 spiro atoms.